The van der Waals surface area contributed by atoms with E-state index in [0.29, 0.717) is 16.5 Å². The molecular formula is C21H27ClN2O3S2. The molecule has 0 bridgehead atoms. The van der Waals surface area contributed by atoms with Crippen molar-refractivity contribution in [3.63, 3.8) is 0 Å². The van der Waals surface area contributed by atoms with Gasteiger partial charge in [-0.05, 0) is 66.0 Å². The number of carbonyl (C=O) groups is 2. The molecule has 1 heterocycles. The molecule has 0 spiro atoms. The Morgan fingerprint density at radius 1 is 1.41 bits per heavy atom. The van der Waals surface area contributed by atoms with E-state index >= 15 is 0 Å². The summed E-state index contributed by atoms with van der Waals surface area (Å²) in [5.41, 5.74) is 1.62. The summed E-state index contributed by atoms with van der Waals surface area (Å²) in [6.45, 7) is 4.37. The zero-order valence-electron chi connectivity index (χ0n) is 16.7. The van der Waals surface area contributed by atoms with Crippen molar-refractivity contribution in [3.05, 3.63) is 40.6 Å². The van der Waals surface area contributed by atoms with Gasteiger partial charge in [0.1, 0.15) is 16.4 Å². The second-order valence-corrected chi connectivity index (χ2v) is 10.7. The summed E-state index contributed by atoms with van der Waals surface area (Å²) < 4.78 is 12.9. The van der Waals surface area contributed by atoms with Crippen LogP contribution in [-0.4, -0.2) is 33.6 Å². The standard InChI is InChI=1S/C21H27ClN2O3S2/c1-14(2)17-13-24(10-5-11-25)20(26)23-21(17,28)15-8-9-19(18(22)12-15)29(27)16-6-3-4-7-16/h8-9,11-14,16,28H,3-7,10H2,1-2H3,(H,23,26)/t21-,29?/m1/s1. The van der Waals surface area contributed by atoms with Gasteiger partial charge in [-0.2, -0.15) is 0 Å². The average molecular weight is 455 g/mol. The molecule has 1 aromatic carbocycles. The first-order chi connectivity index (χ1) is 13.8. The van der Waals surface area contributed by atoms with Crippen molar-refractivity contribution in [3.8, 4) is 0 Å². The normalized spacial score (nSPS) is 23.9. The van der Waals surface area contributed by atoms with E-state index in [1.54, 1.807) is 18.3 Å². The molecule has 0 aromatic heterocycles. The van der Waals surface area contributed by atoms with Crippen LogP contribution in [0.3, 0.4) is 0 Å². The summed E-state index contributed by atoms with van der Waals surface area (Å²) in [5.74, 6) is 0.0953. The van der Waals surface area contributed by atoms with Gasteiger partial charge in [-0.1, -0.05) is 31.5 Å². The number of hydrogen-bond acceptors (Lipinski definition) is 4. The molecule has 158 valence electrons. The van der Waals surface area contributed by atoms with Gasteiger partial charge in [0.2, 0.25) is 0 Å². The molecule has 2 amide bonds. The minimum atomic E-state index is -1.13. The maximum Gasteiger partial charge on any atom is 0.323 e. The molecule has 29 heavy (non-hydrogen) atoms. The first-order valence-electron chi connectivity index (χ1n) is 9.95. The van der Waals surface area contributed by atoms with Crippen LogP contribution < -0.4 is 5.32 Å². The van der Waals surface area contributed by atoms with E-state index in [1.807, 2.05) is 19.9 Å². The Hall–Kier alpha value is -1.15. The second kappa shape index (κ2) is 9.33. The number of nitrogens with zero attached hydrogens (tertiary/aromatic N) is 1. The third kappa shape index (κ3) is 4.63. The smallest absolute Gasteiger partial charge is 0.323 e. The van der Waals surface area contributed by atoms with Crippen molar-refractivity contribution < 1.29 is 14.1 Å². The molecule has 1 saturated carbocycles. The van der Waals surface area contributed by atoms with Crippen LogP contribution in [0.4, 0.5) is 4.79 Å². The minimum Gasteiger partial charge on any atom is -0.611 e. The van der Waals surface area contributed by atoms with Crippen LogP contribution in [0, 0.1) is 5.92 Å². The van der Waals surface area contributed by atoms with Crippen molar-refractivity contribution in [1.82, 2.24) is 10.2 Å². The highest BCUT2D eigenvalue weighted by atomic mass is 35.5. The SMILES string of the molecule is CC(C)C1=CN(CCC=O)C(=O)N[C@@]1(S)c1ccc([S+]([O-])C2CCCC2)c(Cl)c1. The monoisotopic (exact) mass is 454 g/mol. The van der Waals surface area contributed by atoms with E-state index in [0.717, 1.165) is 43.1 Å². The van der Waals surface area contributed by atoms with Gasteiger partial charge >= 0.3 is 6.03 Å². The summed E-state index contributed by atoms with van der Waals surface area (Å²) in [7, 11) is 0. The number of hydrogen-bond donors (Lipinski definition) is 2. The first kappa shape index (κ1) is 22.5. The molecular weight excluding hydrogens is 428 g/mol. The van der Waals surface area contributed by atoms with Gasteiger partial charge in [-0.15, -0.1) is 12.6 Å². The highest BCUT2D eigenvalue weighted by molar-refractivity contribution is 7.92. The number of aldehydes is 1. The lowest BCUT2D eigenvalue weighted by atomic mass is 9.89. The van der Waals surface area contributed by atoms with E-state index in [4.69, 9.17) is 24.2 Å². The van der Waals surface area contributed by atoms with Gasteiger partial charge in [0, 0.05) is 19.2 Å². The van der Waals surface area contributed by atoms with Crippen LogP contribution in [-0.2, 0) is 20.8 Å². The number of thiol groups is 1. The van der Waals surface area contributed by atoms with Crippen LogP contribution in [0.25, 0.3) is 0 Å². The van der Waals surface area contributed by atoms with Crippen molar-refractivity contribution in [2.45, 2.75) is 61.0 Å². The molecule has 5 nitrogen and oxygen atoms in total. The molecule has 2 atom stereocenters. The van der Waals surface area contributed by atoms with E-state index in [-0.39, 0.29) is 23.6 Å². The summed E-state index contributed by atoms with van der Waals surface area (Å²) in [6, 6.07) is 5.08. The molecule has 1 aliphatic heterocycles. The van der Waals surface area contributed by atoms with E-state index in [2.05, 4.69) is 5.32 Å². The number of rotatable bonds is 7. The number of nitrogens with one attached hydrogen (secondary N) is 1. The zero-order chi connectivity index (χ0) is 21.2. The highest BCUT2D eigenvalue weighted by Gasteiger charge is 2.41. The fraction of sp³-hybridized carbons (Fsp3) is 0.524. The summed E-state index contributed by atoms with van der Waals surface area (Å²) in [4.78, 5) is 24.4. The maximum absolute atomic E-state index is 12.9. The fourth-order valence-electron chi connectivity index (χ4n) is 3.95. The predicted molar refractivity (Wildman–Crippen MR) is 120 cm³/mol. The topological polar surface area (TPSA) is 72.5 Å². The van der Waals surface area contributed by atoms with Gasteiger partial charge in [0.25, 0.3) is 0 Å². The number of benzene rings is 1. The molecule has 1 fully saturated rings. The Morgan fingerprint density at radius 3 is 2.69 bits per heavy atom. The molecule has 0 saturated heterocycles. The third-order valence-corrected chi connectivity index (χ3v) is 8.46. The summed E-state index contributed by atoms with van der Waals surface area (Å²) in [5, 5.41) is 3.56. The average Bonchev–Trinajstić information content (AvgIpc) is 3.21. The Morgan fingerprint density at radius 2 is 2.10 bits per heavy atom. The molecule has 1 N–H and O–H groups in total. The van der Waals surface area contributed by atoms with Gasteiger partial charge in [0.15, 0.2) is 4.90 Å². The Labute approximate surface area is 185 Å². The molecule has 1 aromatic rings. The Bertz CT molecular complexity index is 811. The number of amides is 2. The van der Waals surface area contributed by atoms with Crippen LogP contribution in [0.1, 0.15) is 51.5 Å². The van der Waals surface area contributed by atoms with E-state index in [1.165, 1.54) is 4.90 Å². The largest absolute Gasteiger partial charge is 0.611 e. The third-order valence-electron chi connectivity index (χ3n) is 5.54. The van der Waals surface area contributed by atoms with Gasteiger partial charge in [-0.3, -0.25) is 0 Å². The molecule has 8 heteroatoms. The van der Waals surface area contributed by atoms with Crippen LogP contribution in [0.5, 0.6) is 0 Å². The van der Waals surface area contributed by atoms with Gasteiger partial charge < -0.3 is 19.6 Å². The van der Waals surface area contributed by atoms with Crippen molar-refractivity contribution >= 4 is 47.7 Å². The Balaban J connectivity index is 1.94. The maximum atomic E-state index is 12.9. The highest BCUT2D eigenvalue weighted by Crippen LogP contribution is 2.42. The molecule has 2 aliphatic rings. The summed E-state index contributed by atoms with van der Waals surface area (Å²) >= 11 is 10.3. The number of carbonyl (C=O) groups excluding carboxylic acids is 2. The quantitative estimate of drug-likeness (QED) is 0.358. The van der Waals surface area contributed by atoms with Crippen molar-refractivity contribution in [2.24, 2.45) is 5.92 Å². The lowest BCUT2D eigenvalue weighted by Gasteiger charge is -2.41. The first-order valence-corrected chi connectivity index (χ1v) is 12.0. The minimum absolute atomic E-state index is 0.0953. The lowest BCUT2D eigenvalue weighted by molar-refractivity contribution is -0.107. The Kier molecular flexibility index (Phi) is 7.25. The lowest BCUT2D eigenvalue weighted by Crippen LogP contribution is -2.53. The van der Waals surface area contributed by atoms with E-state index in [9.17, 15) is 14.1 Å². The van der Waals surface area contributed by atoms with Crippen LogP contribution in [0.2, 0.25) is 5.02 Å². The van der Waals surface area contributed by atoms with Crippen molar-refractivity contribution in [2.75, 3.05) is 6.54 Å². The number of urea groups is 1. The fourth-order valence-corrected chi connectivity index (χ4v) is 6.49. The second-order valence-electron chi connectivity index (χ2n) is 7.88. The number of halogens is 1. The molecule has 0 radical (unpaired) electrons. The summed E-state index contributed by atoms with van der Waals surface area (Å²) in [6.07, 6.45) is 6.99. The molecule has 1 aliphatic carbocycles. The predicted octanol–water partition coefficient (Wildman–Crippen LogP) is 4.63. The molecule has 1 unspecified atom stereocenters. The molecule has 3 rings (SSSR count). The van der Waals surface area contributed by atoms with Crippen LogP contribution >= 0.6 is 24.2 Å². The van der Waals surface area contributed by atoms with Gasteiger partial charge in [0.05, 0.1) is 5.02 Å². The van der Waals surface area contributed by atoms with Crippen molar-refractivity contribution in [1.29, 1.82) is 0 Å². The van der Waals surface area contributed by atoms with Crippen LogP contribution in [0.15, 0.2) is 34.9 Å². The van der Waals surface area contributed by atoms with Gasteiger partial charge in [-0.25, -0.2) is 4.79 Å². The van der Waals surface area contributed by atoms with E-state index < -0.39 is 16.0 Å². The zero-order valence-corrected chi connectivity index (χ0v) is 19.2.